The predicted molar refractivity (Wildman–Crippen MR) is 76.3 cm³/mol. The molecule has 0 saturated heterocycles. The number of benzene rings is 2. The highest BCUT2D eigenvalue weighted by Crippen LogP contribution is 2.15. The summed E-state index contributed by atoms with van der Waals surface area (Å²) in [6.45, 7) is 0.0438. The van der Waals surface area contributed by atoms with Gasteiger partial charge < -0.3 is 9.90 Å². The highest BCUT2D eigenvalue weighted by molar-refractivity contribution is 7.89. The molecule has 5 nitrogen and oxygen atoms in total. The summed E-state index contributed by atoms with van der Waals surface area (Å²) in [6, 6.07) is 11.7. The van der Waals surface area contributed by atoms with Crippen molar-refractivity contribution in [2.75, 3.05) is 0 Å². The standard InChI is InChI=1S/C14H12ClNO4S/c15-12-2-1-3-13(8-12)21(19,20)16-9-10-4-6-11(7-5-10)14(17)18/h1-8,16H,9H2,(H,17,18)/p-1. The van der Waals surface area contributed by atoms with Crippen LogP contribution in [0.2, 0.25) is 5.02 Å². The number of sulfonamides is 1. The maximum absolute atomic E-state index is 12.1. The van der Waals surface area contributed by atoms with Gasteiger partial charge in [0, 0.05) is 11.6 Å². The highest BCUT2D eigenvalue weighted by atomic mass is 35.5. The van der Waals surface area contributed by atoms with E-state index in [4.69, 9.17) is 11.6 Å². The molecule has 7 heteroatoms. The van der Waals surface area contributed by atoms with Crippen molar-refractivity contribution in [3.8, 4) is 0 Å². The molecule has 0 aliphatic rings. The lowest BCUT2D eigenvalue weighted by Gasteiger charge is -2.08. The van der Waals surface area contributed by atoms with Gasteiger partial charge in [-0.3, -0.25) is 0 Å². The van der Waals surface area contributed by atoms with Gasteiger partial charge in [0.05, 0.1) is 10.9 Å². The van der Waals surface area contributed by atoms with Gasteiger partial charge >= 0.3 is 0 Å². The monoisotopic (exact) mass is 324 g/mol. The van der Waals surface area contributed by atoms with Crippen molar-refractivity contribution in [3.63, 3.8) is 0 Å². The van der Waals surface area contributed by atoms with Crippen LogP contribution < -0.4 is 9.83 Å². The van der Waals surface area contributed by atoms with E-state index in [1.807, 2.05) is 0 Å². The van der Waals surface area contributed by atoms with Crippen molar-refractivity contribution in [1.29, 1.82) is 0 Å². The third kappa shape index (κ3) is 4.04. The van der Waals surface area contributed by atoms with Gasteiger partial charge in [-0.2, -0.15) is 0 Å². The topological polar surface area (TPSA) is 86.3 Å². The maximum Gasteiger partial charge on any atom is 0.240 e. The van der Waals surface area contributed by atoms with Crippen LogP contribution in [0.15, 0.2) is 53.4 Å². The second-order valence-corrected chi connectivity index (χ2v) is 6.47. The Morgan fingerprint density at radius 3 is 2.38 bits per heavy atom. The number of carbonyl (C=O) groups is 1. The van der Waals surface area contributed by atoms with Crippen LogP contribution in [0.3, 0.4) is 0 Å². The molecule has 0 saturated carbocycles. The molecule has 0 atom stereocenters. The Bertz CT molecular complexity index is 757. The minimum absolute atomic E-state index is 0.0384. The maximum atomic E-state index is 12.1. The Morgan fingerprint density at radius 2 is 1.81 bits per heavy atom. The SMILES string of the molecule is O=C([O-])c1ccc(CNS(=O)(=O)c2cccc(Cl)c2)cc1. The number of nitrogens with one attached hydrogen (secondary N) is 1. The zero-order chi connectivity index (χ0) is 15.5. The van der Waals surface area contributed by atoms with Gasteiger partial charge in [-0.05, 0) is 29.3 Å². The number of carbonyl (C=O) groups excluding carboxylic acids is 1. The van der Waals surface area contributed by atoms with Gasteiger partial charge in [0.15, 0.2) is 0 Å². The van der Waals surface area contributed by atoms with Crippen LogP contribution in [-0.4, -0.2) is 14.4 Å². The zero-order valence-electron chi connectivity index (χ0n) is 10.7. The average molecular weight is 325 g/mol. The summed E-state index contributed by atoms with van der Waals surface area (Å²) in [5.41, 5.74) is 0.669. The number of aromatic carboxylic acids is 1. The van der Waals surface area contributed by atoms with Crippen LogP contribution in [0.1, 0.15) is 15.9 Å². The molecule has 110 valence electrons. The first-order chi connectivity index (χ1) is 9.88. The fourth-order valence-electron chi connectivity index (χ4n) is 1.65. The molecule has 0 aliphatic carbocycles. The van der Waals surface area contributed by atoms with Crippen molar-refractivity contribution in [3.05, 3.63) is 64.7 Å². The van der Waals surface area contributed by atoms with E-state index >= 15 is 0 Å². The van der Waals surface area contributed by atoms with E-state index in [2.05, 4.69) is 4.72 Å². The van der Waals surface area contributed by atoms with Gasteiger partial charge in [0.1, 0.15) is 0 Å². The Morgan fingerprint density at radius 1 is 1.14 bits per heavy atom. The molecule has 0 unspecified atom stereocenters. The summed E-state index contributed by atoms with van der Waals surface area (Å²) >= 11 is 5.76. The number of rotatable bonds is 5. The van der Waals surface area contributed by atoms with Gasteiger partial charge in [0.25, 0.3) is 0 Å². The molecule has 0 aliphatic heterocycles. The smallest absolute Gasteiger partial charge is 0.240 e. The third-order valence-electron chi connectivity index (χ3n) is 2.76. The van der Waals surface area contributed by atoms with Crippen molar-refractivity contribution in [2.45, 2.75) is 11.4 Å². The predicted octanol–water partition coefficient (Wildman–Crippen LogP) is 1.18. The van der Waals surface area contributed by atoms with Crippen LogP contribution in [0, 0.1) is 0 Å². The van der Waals surface area contributed by atoms with Crippen LogP contribution in [0.25, 0.3) is 0 Å². The Kier molecular flexibility index (Phi) is 4.62. The summed E-state index contributed by atoms with van der Waals surface area (Å²) in [7, 11) is -3.67. The largest absolute Gasteiger partial charge is 0.545 e. The Labute approximate surface area is 127 Å². The number of carboxylic acids is 1. The number of carboxylic acid groups (broad SMARTS) is 1. The van der Waals surface area contributed by atoms with Gasteiger partial charge in [-0.1, -0.05) is 41.9 Å². The lowest BCUT2D eigenvalue weighted by atomic mass is 10.1. The van der Waals surface area contributed by atoms with Crippen molar-refractivity contribution >= 4 is 27.6 Å². The van der Waals surface area contributed by atoms with Crippen LogP contribution in [-0.2, 0) is 16.6 Å². The van der Waals surface area contributed by atoms with Crippen molar-refractivity contribution in [2.24, 2.45) is 0 Å². The minimum Gasteiger partial charge on any atom is -0.545 e. The average Bonchev–Trinajstić information content (AvgIpc) is 2.45. The first-order valence-electron chi connectivity index (χ1n) is 5.94. The fraction of sp³-hybridized carbons (Fsp3) is 0.0714. The lowest BCUT2D eigenvalue weighted by molar-refractivity contribution is -0.255. The molecule has 0 heterocycles. The Balaban J connectivity index is 2.10. The fourth-order valence-corrected chi connectivity index (χ4v) is 2.97. The quantitative estimate of drug-likeness (QED) is 0.894. The van der Waals surface area contributed by atoms with Crippen molar-refractivity contribution < 1.29 is 18.3 Å². The minimum atomic E-state index is -3.67. The summed E-state index contributed by atoms with van der Waals surface area (Å²) in [6.07, 6.45) is 0. The molecule has 0 radical (unpaired) electrons. The summed E-state index contributed by atoms with van der Waals surface area (Å²) in [4.78, 5) is 10.7. The Hall–Kier alpha value is -1.89. The molecule has 2 aromatic rings. The molecule has 0 amide bonds. The molecule has 1 N–H and O–H groups in total. The highest BCUT2D eigenvalue weighted by Gasteiger charge is 2.13. The number of hydrogen-bond donors (Lipinski definition) is 1. The van der Waals surface area contributed by atoms with E-state index in [1.54, 1.807) is 12.1 Å². The van der Waals surface area contributed by atoms with Crippen LogP contribution in [0.5, 0.6) is 0 Å². The normalized spacial score (nSPS) is 11.3. The van der Waals surface area contributed by atoms with Gasteiger partial charge in [0.2, 0.25) is 10.0 Å². The third-order valence-corrected chi connectivity index (χ3v) is 4.40. The second kappa shape index (κ2) is 6.26. The van der Waals surface area contributed by atoms with Gasteiger partial charge in [-0.15, -0.1) is 0 Å². The van der Waals surface area contributed by atoms with Crippen LogP contribution >= 0.6 is 11.6 Å². The molecule has 0 aromatic heterocycles. The summed E-state index contributed by atoms with van der Waals surface area (Å²) in [5, 5.41) is 10.9. The van der Waals surface area contributed by atoms with Crippen molar-refractivity contribution in [1.82, 2.24) is 4.72 Å². The summed E-state index contributed by atoms with van der Waals surface area (Å²) in [5.74, 6) is -1.28. The molecule has 2 aromatic carbocycles. The summed E-state index contributed by atoms with van der Waals surface area (Å²) < 4.78 is 26.5. The van der Waals surface area contributed by atoms with E-state index in [0.717, 1.165) is 0 Å². The van der Waals surface area contributed by atoms with E-state index in [-0.39, 0.29) is 17.0 Å². The molecule has 21 heavy (non-hydrogen) atoms. The van der Waals surface area contributed by atoms with E-state index in [0.29, 0.717) is 10.6 Å². The number of halogens is 1. The molecular formula is C14H11ClNO4S-. The zero-order valence-corrected chi connectivity index (χ0v) is 12.3. The van der Waals surface area contributed by atoms with E-state index in [9.17, 15) is 18.3 Å². The molecule has 0 bridgehead atoms. The molecule has 2 rings (SSSR count). The van der Waals surface area contributed by atoms with Gasteiger partial charge in [-0.25, -0.2) is 13.1 Å². The molecule has 0 spiro atoms. The molecular weight excluding hydrogens is 314 g/mol. The van der Waals surface area contributed by atoms with Crippen LogP contribution in [0.4, 0.5) is 0 Å². The number of hydrogen-bond acceptors (Lipinski definition) is 4. The second-order valence-electron chi connectivity index (χ2n) is 4.27. The van der Waals surface area contributed by atoms with E-state index < -0.39 is 16.0 Å². The lowest BCUT2D eigenvalue weighted by Crippen LogP contribution is -2.24. The molecule has 0 fully saturated rings. The van der Waals surface area contributed by atoms with E-state index in [1.165, 1.54) is 36.4 Å². The first-order valence-corrected chi connectivity index (χ1v) is 7.80. The first kappa shape index (κ1) is 15.5.